The number of imidazole rings is 1. The van der Waals surface area contributed by atoms with E-state index in [0.717, 1.165) is 12.8 Å². The van der Waals surface area contributed by atoms with Crippen molar-refractivity contribution >= 4 is 0 Å². The van der Waals surface area contributed by atoms with Gasteiger partial charge in [-0.2, -0.15) is 0 Å². The SMILES string of the molecule is CCOn1c[n+](OCC)c(CC)c1CC. The molecule has 0 saturated heterocycles. The van der Waals surface area contributed by atoms with Crippen LogP contribution in [0.15, 0.2) is 6.33 Å². The minimum absolute atomic E-state index is 0.664. The van der Waals surface area contributed by atoms with Gasteiger partial charge in [-0.1, -0.05) is 13.8 Å². The van der Waals surface area contributed by atoms with Crippen LogP contribution in [0.3, 0.4) is 0 Å². The maximum atomic E-state index is 5.51. The zero-order valence-corrected chi connectivity index (χ0v) is 10.1. The van der Waals surface area contributed by atoms with Crippen LogP contribution in [-0.2, 0) is 12.8 Å². The van der Waals surface area contributed by atoms with E-state index < -0.39 is 0 Å². The minimum atomic E-state index is 0.664. The molecule has 0 amide bonds. The Hall–Kier alpha value is -1.19. The Kier molecular flexibility index (Phi) is 4.46. The molecule has 0 atom stereocenters. The van der Waals surface area contributed by atoms with Crippen molar-refractivity contribution in [1.82, 2.24) is 4.73 Å². The fraction of sp³-hybridized carbons (Fsp3) is 0.727. The first-order valence-corrected chi connectivity index (χ1v) is 5.69. The Balaban J connectivity index is 3.06. The molecule has 0 aliphatic carbocycles. The van der Waals surface area contributed by atoms with Crippen LogP contribution in [0.1, 0.15) is 39.1 Å². The summed E-state index contributed by atoms with van der Waals surface area (Å²) in [5.74, 6) is 0. The van der Waals surface area contributed by atoms with Crippen LogP contribution >= 0.6 is 0 Å². The second kappa shape index (κ2) is 5.63. The second-order valence-corrected chi connectivity index (χ2v) is 3.20. The van der Waals surface area contributed by atoms with Crippen molar-refractivity contribution in [2.45, 2.75) is 40.5 Å². The van der Waals surface area contributed by atoms with E-state index in [0.29, 0.717) is 13.2 Å². The summed E-state index contributed by atoms with van der Waals surface area (Å²) in [4.78, 5) is 11.0. The third-order valence-electron chi connectivity index (χ3n) is 2.28. The lowest BCUT2D eigenvalue weighted by atomic mass is 10.2. The molecule has 86 valence electrons. The maximum absolute atomic E-state index is 5.51. The van der Waals surface area contributed by atoms with Crippen LogP contribution < -0.4 is 14.4 Å². The van der Waals surface area contributed by atoms with Gasteiger partial charge in [0.25, 0.3) is 0 Å². The van der Waals surface area contributed by atoms with Gasteiger partial charge in [0, 0.05) is 12.8 Å². The van der Waals surface area contributed by atoms with Gasteiger partial charge in [-0.25, -0.2) is 0 Å². The molecule has 4 nitrogen and oxygen atoms in total. The van der Waals surface area contributed by atoms with Crippen molar-refractivity contribution in [3.63, 3.8) is 0 Å². The van der Waals surface area contributed by atoms with Gasteiger partial charge >= 0.3 is 6.33 Å². The summed E-state index contributed by atoms with van der Waals surface area (Å²) in [5.41, 5.74) is 2.38. The zero-order chi connectivity index (χ0) is 11.3. The van der Waals surface area contributed by atoms with Gasteiger partial charge in [0.1, 0.15) is 13.2 Å². The Morgan fingerprint density at radius 2 is 1.87 bits per heavy atom. The smallest absolute Gasteiger partial charge is 0.323 e. The molecule has 0 aliphatic rings. The first-order valence-electron chi connectivity index (χ1n) is 5.69. The minimum Gasteiger partial charge on any atom is -0.336 e. The van der Waals surface area contributed by atoms with Crippen molar-refractivity contribution < 1.29 is 14.4 Å². The normalized spacial score (nSPS) is 10.4. The quantitative estimate of drug-likeness (QED) is 0.654. The van der Waals surface area contributed by atoms with Gasteiger partial charge in [0.15, 0.2) is 11.4 Å². The van der Waals surface area contributed by atoms with Crippen molar-refractivity contribution in [3.8, 4) is 0 Å². The lowest BCUT2D eigenvalue weighted by molar-refractivity contribution is -0.895. The molecule has 0 saturated carbocycles. The molecule has 0 unspecified atom stereocenters. The summed E-state index contributed by atoms with van der Waals surface area (Å²) in [6, 6.07) is 0. The summed E-state index contributed by atoms with van der Waals surface area (Å²) < 4.78 is 3.63. The standard InChI is InChI=1S/C11H21N2O2/c1-5-10-11(6-2)13(15-8-4)9-12(10)14-7-3/h9H,5-8H2,1-4H3/q+1. The summed E-state index contributed by atoms with van der Waals surface area (Å²) in [7, 11) is 0. The Labute approximate surface area is 91.3 Å². The first-order chi connectivity index (χ1) is 7.28. The van der Waals surface area contributed by atoms with Crippen LogP contribution in [0, 0.1) is 0 Å². The molecule has 1 heterocycles. The lowest BCUT2D eigenvalue weighted by Gasteiger charge is -1.98. The highest BCUT2D eigenvalue weighted by Gasteiger charge is 2.23. The highest BCUT2D eigenvalue weighted by Crippen LogP contribution is 2.05. The molecule has 0 radical (unpaired) electrons. The van der Waals surface area contributed by atoms with Crippen molar-refractivity contribution in [2.24, 2.45) is 0 Å². The van der Waals surface area contributed by atoms with Gasteiger partial charge in [-0.15, -0.1) is 0 Å². The van der Waals surface area contributed by atoms with Gasteiger partial charge < -0.3 is 9.68 Å². The molecule has 1 aromatic rings. The number of nitrogens with zero attached hydrogens (tertiary/aromatic N) is 2. The summed E-state index contributed by atoms with van der Waals surface area (Å²) in [5, 5.41) is 0. The van der Waals surface area contributed by atoms with Gasteiger partial charge in [0.2, 0.25) is 0 Å². The number of aromatic nitrogens is 2. The van der Waals surface area contributed by atoms with Crippen molar-refractivity contribution in [3.05, 3.63) is 17.7 Å². The highest BCUT2D eigenvalue weighted by atomic mass is 16.7. The van der Waals surface area contributed by atoms with E-state index in [9.17, 15) is 0 Å². The van der Waals surface area contributed by atoms with Crippen molar-refractivity contribution in [2.75, 3.05) is 13.2 Å². The lowest BCUT2D eigenvalue weighted by Crippen LogP contribution is -2.44. The average molecular weight is 213 g/mol. The van der Waals surface area contributed by atoms with Gasteiger partial charge in [0.05, 0.1) is 0 Å². The second-order valence-electron chi connectivity index (χ2n) is 3.20. The molecule has 0 N–H and O–H groups in total. The molecule has 15 heavy (non-hydrogen) atoms. The van der Waals surface area contributed by atoms with E-state index in [1.807, 2.05) is 29.6 Å². The molecule has 0 aromatic carbocycles. The predicted octanol–water partition coefficient (Wildman–Crippen LogP) is 0.797. The van der Waals surface area contributed by atoms with E-state index in [2.05, 4.69) is 13.8 Å². The van der Waals surface area contributed by atoms with Crippen LogP contribution in [0.2, 0.25) is 0 Å². The van der Waals surface area contributed by atoms with Crippen LogP contribution in [0.4, 0.5) is 0 Å². The molecular formula is C11H21N2O2+. The van der Waals surface area contributed by atoms with E-state index in [1.165, 1.54) is 11.4 Å². The molecule has 0 spiro atoms. The molecular weight excluding hydrogens is 192 g/mol. The molecule has 1 aromatic heterocycles. The monoisotopic (exact) mass is 213 g/mol. The topological polar surface area (TPSA) is 27.3 Å². The van der Waals surface area contributed by atoms with E-state index in [-0.39, 0.29) is 0 Å². The summed E-state index contributed by atoms with van der Waals surface area (Å²) in [6.07, 6.45) is 3.76. The molecule has 0 bridgehead atoms. The van der Waals surface area contributed by atoms with E-state index >= 15 is 0 Å². The number of hydrogen-bond donors (Lipinski definition) is 0. The van der Waals surface area contributed by atoms with Gasteiger partial charge in [-0.3, -0.25) is 0 Å². The Bertz CT molecular complexity index is 279. The van der Waals surface area contributed by atoms with E-state index in [1.54, 1.807) is 0 Å². The first kappa shape index (κ1) is 11.9. The largest absolute Gasteiger partial charge is 0.336 e. The van der Waals surface area contributed by atoms with Crippen LogP contribution in [0.25, 0.3) is 0 Å². The third-order valence-corrected chi connectivity index (χ3v) is 2.28. The van der Waals surface area contributed by atoms with Crippen LogP contribution in [0.5, 0.6) is 0 Å². The third kappa shape index (κ3) is 2.43. The Morgan fingerprint density at radius 1 is 1.13 bits per heavy atom. The molecule has 0 fully saturated rings. The maximum Gasteiger partial charge on any atom is 0.323 e. The average Bonchev–Trinajstić information content (AvgIpc) is 2.56. The molecule has 4 heteroatoms. The molecule has 1 rings (SSSR count). The molecule has 0 aliphatic heterocycles. The predicted molar refractivity (Wildman–Crippen MR) is 57.6 cm³/mol. The fourth-order valence-corrected chi connectivity index (χ4v) is 1.71. The summed E-state index contributed by atoms with van der Waals surface area (Å²) in [6.45, 7) is 9.54. The zero-order valence-electron chi connectivity index (χ0n) is 10.1. The number of rotatable bonds is 6. The fourth-order valence-electron chi connectivity index (χ4n) is 1.71. The van der Waals surface area contributed by atoms with Crippen molar-refractivity contribution in [1.29, 1.82) is 0 Å². The number of hydrogen-bond acceptors (Lipinski definition) is 2. The van der Waals surface area contributed by atoms with Gasteiger partial charge in [-0.05, 0) is 23.3 Å². The summed E-state index contributed by atoms with van der Waals surface area (Å²) >= 11 is 0. The highest BCUT2D eigenvalue weighted by molar-refractivity contribution is 5.06. The Morgan fingerprint density at radius 3 is 2.33 bits per heavy atom. The van der Waals surface area contributed by atoms with Crippen LogP contribution in [-0.4, -0.2) is 17.9 Å². The van der Waals surface area contributed by atoms with E-state index in [4.69, 9.17) is 9.68 Å².